The molecular formula is C116H136N24O8. The van der Waals surface area contributed by atoms with Gasteiger partial charge in [-0.15, -0.1) is 0 Å². The van der Waals surface area contributed by atoms with Gasteiger partial charge in [-0.05, 0) is 153 Å². The molecule has 4 N–H and O–H groups in total. The Morgan fingerprint density at radius 3 is 0.784 bits per heavy atom. The lowest BCUT2D eigenvalue weighted by atomic mass is 10.1. The summed E-state index contributed by atoms with van der Waals surface area (Å²) < 4.78 is 399. The zero-order chi connectivity index (χ0) is 145. The Hall–Kier alpha value is -16.7. The molecule has 32 heteroatoms. The van der Waals surface area contributed by atoms with E-state index in [9.17, 15) is 19.2 Å². The summed E-state index contributed by atoms with van der Waals surface area (Å²) in [6.07, 6.45) is 14.0. The Labute approximate surface area is 932 Å². The molecule has 0 saturated heterocycles. The van der Waals surface area contributed by atoms with Crippen molar-refractivity contribution in [2.24, 2.45) is 28.2 Å². The minimum atomic E-state index is -4.11. The predicted octanol–water partition coefficient (Wildman–Crippen LogP) is 17.4. The molecule has 0 aliphatic rings. The molecule has 32 nitrogen and oxygen atoms in total. The van der Waals surface area contributed by atoms with Crippen LogP contribution in [0.2, 0.25) is 0 Å². The maximum Gasteiger partial charge on any atom is 0.247 e. The van der Waals surface area contributed by atoms with E-state index in [0.29, 0.717) is 67.6 Å². The van der Waals surface area contributed by atoms with Crippen molar-refractivity contribution in [2.75, 3.05) is 205 Å². The second-order valence-electron chi connectivity index (χ2n) is 33.0. The fourth-order valence-electron chi connectivity index (χ4n) is 15.9. The zero-order valence-corrected chi connectivity index (χ0v) is 82.8. The molecule has 0 spiro atoms. The minimum absolute atomic E-state index is 0.00414. The summed E-state index contributed by atoms with van der Waals surface area (Å²) >= 11 is 0. The van der Waals surface area contributed by atoms with E-state index in [0.717, 1.165) is 106 Å². The molecule has 0 unspecified atom stereocenters. The van der Waals surface area contributed by atoms with Crippen LogP contribution in [0, 0.1) is 0 Å². The van der Waals surface area contributed by atoms with Gasteiger partial charge < -0.3 is 97.7 Å². The van der Waals surface area contributed by atoms with E-state index in [4.69, 9.17) is 97.0 Å². The number of aryl methyl sites for hydroxylation is 4. The quantitative estimate of drug-likeness (QED) is 0.0259. The smallest absolute Gasteiger partial charge is 0.247 e. The number of aromatic nitrogens is 12. The number of hydrogen-bond donors (Lipinski definition) is 4. The largest absolute Gasteiger partial charge is 0.496 e. The number of likely N-dealkylation sites (N-methyl/N-ethyl adjacent to an activating group) is 8. The molecule has 0 saturated carbocycles. The van der Waals surface area contributed by atoms with Crippen molar-refractivity contribution in [2.45, 2.75) is 25.7 Å². The SMILES string of the molecule is [2H]C([2H])=C([2H])C(=O)Nc1cc(Cc2nccc(-c3cn(C)c4ccccc34)n2)c(OC)cc1N(C([2H])([2H])[2H])C([2H])([2H])C([2H])([2H])N(C([2H])([2H])[2H])C([2H])([2H])[2H].[2H]C([2H])=C([2H])C(=O)Nc1cc(Cc2nccc(-c3cn(C)c4ccccc34)n2)c(OC)cc1N(C([2H])([2H])[2H])C([2H])([2H])C([2H])([2H])N(C)C.[2H]C([2H])=C([2H])C(=O)Nc1cc(Cc2nccc(-c3cn(C)c4ccccc34)n2)c(OC)cc1N(C)C([2H])([2H])C([2H])([2H])N(C([2H])([2H])[2H])C([2H])([2H])[2H].[2H]C([2H])=C([2H])C(=O)Nc1cc(Cc2nccc(-c3cn(C)c4ccccc34)n2)c(OC)cc1N(C)C([2H])([2H])C([2H])([2H])N(C)C. The van der Waals surface area contributed by atoms with Gasteiger partial charge in [0.25, 0.3) is 0 Å². The summed E-state index contributed by atoms with van der Waals surface area (Å²) in [5.74, 6) is -3.42. The van der Waals surface area contributed by atoms with E-state index in [1.807, 2.05) is 174 Å². The molecule has 0 atom stereocenters. The van der Waals surface area contributed by atoms with E-state index in [2.05, 4.69) is 46.2 Å². The van der Waals surface area contributed by atoms with Crippen molar-refractivity contribution >= 4 is 113 Å². The van der Waals surface area contributed by atoms with Gasteiger partial charge in [0.2, 0.25) is 23.6 Å². The second kappa shape index (κ2) is 50.7. The molecule has 16 rings (SSSR count). The first-order valence-corrected chi connectivity index (χ1v) is 44.8. The van der Waals surface area contributed by atoms with Crippen LogP contribution in [0.3, 0.4) is 0 Å². The molecule has 4 amide bonds. The third-order valence-corrected chi connectivity index (χ3v) is 22.6. The number of amides is 4. The van der Waals surface area contributed by atoms with Crippen LogP contribution in [0.25, 0.3) is 88.6 Å². The van der Waals surface area contributed by atoms with E-state index in [-0.39, 0.29) is 92.6 Å². The molecule has 0 fully saturated rings. The van der Waals surface area contributed by atoms with Crippen molar-refractivity contribution in [1.82, 2.24) is 77.7 Å². The van der Waals surface area contributed by atoms with Gasteiger partial charge in [0.1, 0.15) is 46.3 Å². The highest BCUT2D eigenvalue weighted by Crippen LogP contribution is 2.42. The van der Waals surface area contributed by atoms with Crippen molar-refractivity contribution in [3.8, 4) is 68.0 Å². The van der Waals surface area contributed by atoms with Crippen LogP contribution in [-0.4, -0.2) is 266 Å². The standard InChI is InChI=1S/4C29H34N6O2/c4*1-7-29(36)32-24-16-20(27(37-6)18-26(24)34(4)15-14-33(2)3)17-28-30-13-12-23(31-28)22-19-35(5)25-11-9-8-10-21(22)25/h4*7-13,16,18-19H,1,14-15,17H2,2-6H3,(H,32,36)/i1D2,2D3,3D3,4D3,7D,14D2,15D2;1D2,2D3,3D3,7D,14D2,15D2;1D2,4D3,7D,14D2,15D2;1D2,7D,14D2,15D2. The lowest BCUT2D eigenvalue weighted by Gasteiger charge is -2.25. The fraction of sp³-hybridized carbons (Fsp3) is 0.276. The normalized spacial score (nSPS) is 16.8. The monoisotopic (exact) mass is 2040 g/mol. The maximum atomic E-state index is 13.0. The highest BCUT2D eigenvalue weighted by Gasteiger charge is 2.26. The van der Waals surface area contributed by atoms with Gasteiger partial charge in [-0.3, -0.25) is 19.2 Å². The average molecular weight is 2040 g/mol. The number of nitrogens with zero attached hydrogens (tertiary/aromatic N) is 20. The van der Waals surface area contributed by atoms with E-state index < -0.39 is 195 Å². The van der Waals surface area contributed by atoms with Gasteiger partial charge in [-0.2, -0.15) is 0 Å². The third kappa shape index (κ3) is 27.3. The molecule has 16 aromatic rings. The number of para-hydroxylation sites is 4. The lowest BCUT2D eigenvalue weighted by molar-refractivity contribution is -0.112. The van der Waals surface area contributed by atoms with Crippen LogP contribution in [0.5, 0.6) is 23.0 Å². The van der Waals surface area contributed by atoms with Crippen molar-refractivity contribution < 1.29 is 101 Å². The highest BCUT2D eigenvalue weighted by molar-refractivity contribution is 6.05. The van der Waals surface area contributed by atoms with E-state index in [1.54, 1.807) is 36.8 Å². The molecular weight excluding hydrogens is 1860 g/mol. The zero-order valence-electron chi connectivity index (χ0n) is 129. The van der Waals surface area contributed by atoms with Gasteiger partial charge in [0, 0.05) is 331 Å². The van der Waals surface area contributed by atoms with Crippen LogP contribution in [0.1, 0.15) is 109 Å². The summed E-state index contributed by atoms with van der Waals surface area (Å²) in [5.41, 5.74) is 8.38. The first-order valence-electron chi connectivity index (χ1n) is 67.8. The van der Waals surface area contributed by atoms with Crippen LogP contribution in [0.15, 0.2) is 270 Å². The van der Waals surface area contributed by atoms with Gasteiger partial charge >= 0.3 is 0 Å². The Balaban J connectivity index is 0.000000209. The number of carbonyl (C=O) groups excluding carboxylic acids is 4. The lowest BCUT2D eigenvalue weighted by Crippen LogP contribution is -2.29. The minimum Gasteiger partial charge on any atom is -0.496 e. The van der Waals surface area contributed by atoms with Gasteiger partial charge in [0.15, 0.2) is 0 Å². The fourth-order valence-corrected chi connectivity index (χ4v) is 15.9. The van der Waals surface area contributed by atoms with Crippen LogP contribution < -0.4 is 59.8 Å². The summed E-state index contributed by atoms with van der Waals surface area (Å²) in [6.45, 7) is -52.8. The van der Waals surface area contributed by atoms with Crippen molar-refractivity contribution in [3.05, 3.63) is 315 Å². The number of rotatable bonds is 40. The van der Waals surface area contributed by atoms with E-state index in [1.165, 1.54) is 100 Å². The first-order chi connectivity index (χ1) is 89.6. The van der Waals surface area contributed by atoms with Crippen LogP contribution in [0.4, 0.5) is 45.5 Å². The Kier molecular flexibility index (Phi) is 21.3. The van der Waals surface area contributed by atoms with Crippen LogP contribution >= 0.6 is 0 Å². The first kappa shape index (κ1) is 62.2. The van der Waals surface area contributed by atoms with Crippen molar-refractivity contribution in [3.63, 3.8) is 0 Å². The summed E-state index contributed by atoms with van der Waals surface area (Å²) in [6, 6.07) is 43.9. The molecule has 0 bridgehead atoms. The van der Waals surface area contributed by atoms with Gasteiger partial charge in [-0.25, -0.2) is 39.9 Å². The summed E-state index contributed by atoms with van der Waals surface area (Å²) in [5, 5.41) is 13.2. The van der Waals surface area contributed by atoms with Crippen molar-refractivity contribution in [1.29, 1.82) is 0 Å². The molecule has 0 radical (unpaired) electrons. The number of fused-ring (bicyclic) bond motifs is 4. The third-order valence-electron chi connectivity index (χ3n) is 22.6. The Bertz CT molecular complexity index is 9680. The van der Waals surface area contributed by atoms with Crippen LogP contribution in [-0.2, 0) is 73.1 Å². The maximum absolute atomic E-state index is 13.0. The van der Waals surface area contributed by atoms with E-state index >= 15 is 0 Å². The number of benzene rings is 8. The second-order valence-corrected chi connectivity index (χ2v) is 33.0. The highest BCUT2D eigenvalue weighted by atomic mass is 16.5. The molecule has 8 heterocycles. The topological polar surface area (TPSA) is 302 Å². The molecule has 768 valence electrons. The molecule has 8 aromatic heterocycles. The Morgan fingerprint density at radius 2 is 0.561 bits per heavy atom. The Morgan fingerprint density at radius 1 is 0.331 bits per heavy atom. The number of carbonyl (C=O) groups is 4. The molecule has 8 aromatic carbocycles. The number of methoxy groups -OCH3 is 4. The number of anilines is 8. The van der Waals surface area contributed by atoms with Gasteiger partial charge in [0.05, 0.1) is 124 Å². The molecule has 0 aliphatic carbocycles. The van der Waals surface area contributed by atoms with Gasteiger partial charge in [-0.1, -0.05) is 98.9 Å². The number of hydrogen-bond acceptors (Lipinski definition) is 24. The predicted molar refractivity (Wildman–Crippen MR) is 602 cm³/mol. The molecule has 0 aliphatic heterocycles. The number of ether oxygens (including phenoxy) is 4. The summed E-state index contributed by atoms with van der Waals surface area (Å²) in [4.78, 5) is 90.3. The average Bonchev–Trinajstić information content (AvgIpc) is 0.755. The summed E-state index contributed by atoms with van der Waals surface area (Å²) in [7, 11) is 20.5. The number of nitrogens with one attached hydrogen (secondary N) is 4. The molecule has 148 heavy (non-hydrogen) atoms.